The predicted octanol–water partition coefficient (Wildman–Crippen LogP) is 2.06. The van der Waals surface area contributed by atoms with Gasteiger partial charge in [0.15, 0.2) is 0 Å². The molecule has 5 nitrogen and oxygen atoms in total. The molecule has 1 unspecified atom stereocenters. The van der Waals surface area contributed by atoms with Crippen LogP contribution >= 0.6 is 0 Å². The van der Waals surface area contributed by atoms with Crippen molar-refractivity contribution in [2.24, 2.45) is 5.92 Å². The van der Waals surface area contributed by atoms with Crippen LogP contribution < -0.4 is 5.32 Å². The Morgan fingerprint density at radius 2 is 1.85 bits per heavy atom. The summed E-state index contributed by atoms with van der Waals surface area (Å²) in [6.07, 6.45) is 0.579. The largest absolute Gasteiger partial charge is 0.480 e. The van der Waals surface area contributed by atoms with Crippen LogP contribution in [-0.4, -0.2) is 30.2 Å². The molecule has 1 rings (SSSR count). The molecule has 1 aromatic carbocycles. The van der Waals surface area contributed by atoms with E-state index in [-0.39, 0.29) is 5.97 Å². The third-order valence-corrected chi connectivity index (χ3v) is 2.93. The van der Waals surface area contributed by atoms with E-state index in [1.807, 2.05) is 13.8 Å². The lowest BCUT2D eigenvalue weighted by Crippen LogP contribution is -2.37. The molecule has 0 aliphatic carbocycles. The summed E-state index contributed by atoms with van der Waals surface area (Å²) in [5.41, 5.74) is 1.40. The van der Waals surface area contributed by atoms with Crippen molar-refractivity contribution >= 4 is 11.9 Å². The van der Waals surface area contributed by atoms with Crippen LogP contribution in [0.1, 0.15) is 36.2 Å². The number of carboxylic acid groups (broad SMARTS) is 1. The maximum atomic E-state index is 11.3. The minimum Gasteiger partial charge on any atom is -0.480 e. The summed E-state index contributed by atoms with van der Waals surface area (Å²) in [4.78, 5) is 22.4. The van der Waals surface area contributed by atoms with Crippen LogP contribution in [0, 0.1) is 5.92 Å². The van der Waals surface area contributed by atoms with Crippen molar-refractivity contribution < 1.29 is 19.4 Å². The lowest BCUT2D eigenvalue weighted by Gasteiger charge is -2.16. The highest BCUT2D eigenvalue weighted by Gasteiger charge is 2.17. The molecule has 2 N–H and O–H groups in total. The number of nitrogens with one attached hydrogen (secondary N) is 1. The lowest BCUT2D eigenvalue weighted by atomic mass is 10.0. The number of aliphatic carboxylic acids is 1. The maximum absolute atomic E-state index is 11.3. The molecule has 0 saturated carbocycles. The zero-order valence-electron chi connectivity index (χ0n) is 12.1. The van der Waals surface area contributed by atoms with Gasteiger partial charge in [-0.15, -0.1) is 0 Å². The number of methoxy groups -OCH3 is 1. The topological polar surface area (TPSA) is 75.6 Å². The quantitative estimate of drug-likeness (QED) is 0.747. The second-order valence-corrected chi connectivity index (χ2v) is 5.09. The Kier molecular flexibility index (Phi) is 6.18. The van der Waals surface area contributed by atoms with Gasteiger partial charge in [-0.2, -0.15) is 0 Å². The Bertz CT molecular complexity index is 453. The molecule has 0 bridgehead atoms. The van der Waals surface area contributed by atoms with Gasteiger partial charge in [-0.25, -0.2) is 4.79 Å². The van der Waals surface area contributed by atoms with Crippen molar-refractivity contribution in [1.29, 1.82) is 0 Å². The SMILES string of the molecule is COC(=O)c1ccc(CNC(CC(C)C)C(=O)O)cc1. The summed E-state index contributed by atoms with van der Waals surface area (Å²) in [6, 6.07) is 6.35. The normalized spacial score (nSPS) is 12.2. The van der Waals surface area contributed by atoms with E-state index in [4.69, 9.17) is 5.11 Å². The number of carboxylic acids is 1. The molecule has 0 fully saturated rings. The van der Waals surface area contributed by atoms with Gasteiger partial charge in [0.05, 0.1) is 12.7 Å². The van der Waals surface area contributed by atoms with Crippen LogP contribution in [0.3, 0.4) is 0 Å². The van der Waals surface area contributed by atoms with E-state index in [2.05, 4.69) is 10.1 Å². The zero-order chi connectivity index (χ0) is 15.1. The molecule has 0 saturated heterocycles. The van der Waals surface area contributed by atoms with Crippen molar-refractivity contribution in [3.63, 3.8) is 0 Å². The summed E-state index contributed by atoms with van der Waals surface area (Å²) in [5.74, 6) is -0.914. The van der Waals surface area contributed by atoms with Crippen molar-refractivity contribution in [1.82, 2.24) is 5.32 Å². The second kappa shape index (κ2) is 7.65. The first-order chi connectivity index (χ1) is 9.43. The molecule has 0 spiro atoms. The van der Waals surface area contributed by atoms with Gasteiger partial charge in [-0.1, -0.05) is 26.0 Å². The highest BCUT2D eigenvalue weighted by molar-refractivity contribution is 5.89. The van der Waals surface area contributed by atoms with E-state index < -0.39 is 12.0 Å². The molecule has 0 heterocycles. The monoisotopic (exact) mass is 279 g/mol. The van der Waals surface area contributed by atoms with Crippen molar-refractivity contribution in [2.75, 3.05) is 7.11 Å². The molecule has 110 valence electrons. The Labute approximate surface area is 118 Å². The average molecular weight is 279 g/mol. The lowest BCUT2D eigenvalue weighted by molar-refractivity contribution is -0.140. The van der Waals surface area contributed by atoms with E-state index in [0.717, 1.165) is 5.56 Å². The number of hydrogen-bond donors (Lipinski definition) is 2. The Balaban J connectivity index is 2.60. The second-order valence-electron chi connectivity index (χ2n) is 5.09. The van der Waals surface area contributed by atoms with Crippen LogP contribution in [-0.2, 0) is 16.1 Å². The highest BCUT2D eigenvalue weighted by atomic mass is 16.5. The van der Waals surface area contributed by atoms with Gasteiger partial charge in [-0.3, -0.25) is 4.79 Å². The van der Waals surface area contributed by atoms with Crippen molar-refractivity contribution in [2.45, 2.75) is 32.9 Å². The predicted molar refractivity (Wildman–Crippen MR) is 75.5 cm³/mol. The van der Waals surface area contributed by atoms with Crippen molar-refractivity contribution in [3.05, 3.63) is 35.4 Å². The van der Waals surface area contributed by atoms with E-state index in [1.54, 1.807) is 24.3 Å². The van der Waals surface area contributed by atoms with Gasteiger partial charge in [0, 0.05) is 6.54 Å². The van der Waals surface area contributed by atoms with Crippen LogP contribution in [0.4, 0.5) is 0 Å². The maximum Gasteiger partial charge on any atom is 0.337 e. The van der Waals surface area contributed by atoms with Crippen LogP contribution in [0.5, 0.6) is 0 Å². The summed E-state index contributed by atoms with van der Waals surface area (Å²) >= 11 is 0. The Morgan fingerprint density at radius 3 is 2.30 bits per heavy atom. The van der Waals surface area contributed by atoms with E-state index in [9.17, 15) is 9.59 Å². The van der Waals surface area contributed by atoms with Crippen LogP contribution in [0.2, 0.25) is 0 Å². The molecule has 0 aromatic heterocycles. The van der Waals surface area contributed by atoms with Gasteiger partial charge in [0.1, 0.15) is 6.04 Å². The van der Waals surface area contributed by atoms with Crippen LogP contribution in [0.25, 0.3) is 0 Å². The molecule has 1 aromatic rings. The number of esters is 1. The fraction of sp³-hybridized carbons (Fsp3) is 0.467. The zero-order valence-corrected chi connectivity index (χ0v) is 12.1. The number of carbonyl (C=O) groups is 2. The number of carbonyl (C=O) groups excluding carboxylic acids is 1. The number of benzene rings is 1. The van der Waals surface area contributed by atoms with Gasteiger partial charge in [-0.05, 0) is 30.0 Å². The number of rotatable bonds is 7. The Hall–Kier alpha value is -1.88. The van der Waals surface area contributed by atoms with Gasteiger partial charge in [0.25, 0.3) is 0 Å². The minimum atomic E-state index is -0.843. The van der Waals surface area contributed by atoms with Crippen molar-refractivity contribution in [3.8, 4) is 0 Å². The first-order valence-electron chi connectivity index (χ1n) is 6.57. The molecular weight excluding hydrogens is 258 g/mol. The Morgan fingerprint density at radius 1 is 1.25 bits per heavy atom. The third-order valence-electron chi connectivity index (χ3n) is 2.93. The van der Waals surface area contributed by atoms with Gasteiger partial charge < -0.3 is 15.2 Å². The minimum absolute atomic E-state index is 0.310. The molecule has 1 atom stereocenters. The smallest absolute Gasteiger partial charge is 0.337 e. The molecular formula is C15H21NO4. The molecule has 0 aliphatic heterocycles. The highest BCUT2D eigenvalue weighted by Crippen LogP contribution is 2.08. The summed E-state index contributed by atoms with van der Waals surface area (Å²) in [6.45, 7) is 4.43. The van der Waals surface area contributed by atoms with E-state index in [0.29, 0.717) is 24.4 Å². The van der Waals surface area contributed by atoms with Crippen LogP contribution in [0.15, 0.2) is 24.3 Å². The fourth-order valence-corrected chi connectivity index (χ4v) is 1.86. The number of hydrogen-bond acceptors (Lipinski definition) is 4. The van der Waals surface area contributed by atoms with E-state index in [1.165, 1.54) is 7.11 Å². The third kappa shape index (κ3) is 5.01. The van der Waals surface area contributed by atoms with Gasteiger partial charge in [0.2, 0.25) is 0 Å². The number of ether oxygens (including phenoxy) is 1. The summed E-state index contributed by atoms with van der Waals surface area (Å²) < 4.78 is 4.62. The molecule has 20 heavy (non-hydrogen) atoms. The molecule has 0 amide bonds. The van der Waals surface area contributed by atoms with E-state index >= 15 is 0 Å². The first kappa shape index (κ1) is 16.2. The standard InChI is InChI=1S/C15H21NO4/c1-10(2)8-13(14(17)18)16-9-11-4-6-12(7-5-11)15(19)20-3/h4-7,10,13,16H,8-9H2,1-3H3,(H,17,18). The molecule has 0 aliphatic rings. The fourth-order valence-electron chi connectivity index (χ4n) is 1.86. The summed E-state index contributed by atoms with van der Waals surface area (Å²) in [7, 11) is 1.33. The first-order valence-corrected chi connectivity index (χ1v) is 6.57. The molecule has 0 radical (unpaired) electrons. The summed E-state index contributed by atoms with van der Waals surface area (Å²) in [5, 5.41) is 12.1. The average Bonchev–Trinajstić information content (AvgIpc) is 2.42. The molecule has 5 heteroatoms. The van der Waals surface area contributed by atoms with Gasteiger partial charge >= 0.3 is 11.9 Å².